The van der Waals surface area contributed by atoms with Crippen molar-refractivity contribution in [3.8, 4) is 0 Å². The van der Waals surface area contributed by atoms with E-state index < -0.39 is 0 Å². The molecule has 0 aromatic carbocycles. The van der Waals surface area contributed by atoms with Crippen molar-refractivity contribution < 1.29 is 0 Å². The molecule has 1 N–H and O–H groups in total. The zero-order chi connectivity index (χ0) is 8.69. The molecule has 0 saturated heterocycles. The monoisotopic (exact) mass is 175 g/mol. The van der Waals surface area contributed by atoms with Crippen LogP contribution in [0.3, 0.4) is 0 Å². The van der Waals surface area contributed by atoms with Crippen molar-refractivity contribution in [1.82, 2.24) is 5.32 Å². The van der Waals surface area contributed by atoms with Gasteiger partial charge in [0.2, 0.25) is 0 Å². The van der Waals surface area contributed by atoms with E-state index in [4.69, 9.17) is 11.6 Å². The predicted molar refractivity (Wildman–Crippen MR) is 52.2 cm³/mol. The molecule has 2 heteroatoms. The van der Waals surface area contributed by atoms with Crippen LogP contribution in [0.4, 0.5) is 0 Å². The molecule has 0 aromatic rings. The Balaban J connectivity index is 3.21. The Labute approximate surface area is 74.8 Å². The highest BCUT2D eigenvalue weighted by Crippen LogP contribution is 1.97. The summed E-state index contributed by atoms with van der Waals surface area (Å²) in [7, 11) is 0. The zero-order valence-electron chi connectivity index (χ0n) is 7.65. The summed E-state index contributed by atoms with van der Waals surface area (Å²) in [6.45, 7) is 8.13. The van der Waals surface area contributed by atoms with Crippen molar-refractivity contribution in [2.24, 2.45) is 0 Å². The molecule has 0 heterocycles. The van der Waals surface area contributed by atoms with Crippen LogP contribution in [-0.4, -0.2) is 18.5 Å². The van der Waals surface area contributed by atoms with Gasteiger partial charge in [0.05, 0.1) is 0 Å². The lowest BCUT2D eigenvalue weighted by molar-refractivity contribution is 0.687. The van der Waals surface area contributed by atoms with Crippen LogP contribution in [0.25, 0.3) is 0 Å². The van der Waals surface area contributed by atoms with Crippen molar-refractivity contribution in [3.05, 3.63) is 11.6 Å². The SMILES string of the molecule is CCC(Cl)CNCC=C(C)C. The van der Waals surface area contributed by atoms with Crippen molar-refractivity contribution in [3.63, 3.8) is 0 Å². The molecule has 0 aromatic heterocycles. The first-order chi connectivity index (χ1) is 5.16. The second-order valence-electron chi connectivity index (χ2n) is 2.95. The lowest BCUT2D eigenvalue weighted by Crippen LogP contribution is -2.22. The Morgan fingerprint density at radius 2 is 2.18 bits per heavy atom. The van der Waals surface area contributed by atoms with E-state index in [9.17, 15) is 0 Å². The predicted octanol–water partition coefficient (Wildman–Crippen LogP) is 2.56. The molecule has 1 atom stereocenters. The van der Waals surface area contributed by atoms with E-state index in [1.54, 1.807) is 0 Å². The number of nitrogens with one attached hydrogen (secondary N) is 1. The minimum atomic E-state index is 0.278. The summed E-state index contributed by atoms with van der Waals surface area (Å²) >= 11 is 5.90. The highest BCUT2D eigenvalue weighted by molar-refractivity contribution is 6.20. The van der Waals surface area contributed by atoms with Gasteiger partial charge in [-0.05, 0) is 20.3 Å². The van der Waals surface area contributed by atoms with Gasteiger partial charge >= 0.3 is 0 Å². The minimum absolute atomic E-state index is 0.278. The quantitative estimate of drug-likeness (QED) is 0.385. The molecule has 0 radical (unpaired) electrons. The minimum Gasteiger partial charge on any atom is -0.312 e. The molecule has 0 aliphatic heterocycles. The number of halogens is 1. The van der Waals surface area contributed by atoms with Crippen LogP contribution < -0.4 is 5.32 Å². The summed E-state index contributed by atoms with van der Waals surface area (Å²) in [5.41, 5.74) is 1.35. The van der Waals surface area contributed by atoms with E-state index in [1.807, 2.05) is 0 Å². The summed E-state index contributed by atoms with van der Waals surface area (Å²) in [5, 5.41) is 3.54. The highest BCUT2D eigenvalue weighted by Gasteiger charge is 1.97. The summed E-state index contributed by atoms with van der Waals surface area (Å²) in [6, 6.07) is 0. The Morgan fingerprint density at radius 1 is 1.55 bits per heavy atom. The van der Waals surface area contributed by atoms with E-state index in [0.717, 1.165) is 19.5 Å². The highest BCUT2D eigenvalue weighted by atomic mass is 35.5. The third-order valence-corrected chi connectivity index (χ3v) is 1.93. The Morgan fingerprint density at radius 3 is 2.64 bits per heavy atom. The summed E-state index contributed by atoms with van der Waals surface area (Å²) in [5.74, 6) is 0. The van der Waals surface area contributed by atoms with Crippen LogP contribution in [0.15, 0.2) is 11.6 Å². The number of alkyl halides is 1. The first-order valence-corrected chi connectivity index (χ1v) is 4.58. The Hall–Kier alpha value is -0.0100. The van der Waals surface area contributed by atoms with Gasteiger partial charge in [0.25, 0.3) is 0 Å². The molecule has 0 rings (SSSR count). The maximum absolute atomic E-state index is 5.90. The van der Waals surface area contributed by atoms with Crippen molar-refractivity contribution >= 4 is 11.6 Å². The van der Waals surface area contributed by atoms with Crippen molar-refractivity contribution in [2.75, 3.05) is 13.1 Å². The molecule has 66 valence electrons. The van der Waals surface area contributed by atoms with Crippen LogP contribution in [-0.2, 0) is 0 Å². The van der Waals surface area contributed by atoms with Gasteiger partial charge in [-0.25, -0.2) is 0 Å². The van der Waals surface area contributed by atoms with Gasteiger partial charge in [-0.2, -0.15) is 0 Å². The smallest absolute Gasteiger partial charge is 0.0458 e. The molecule has 0 amide bonds. The molecular weight excluding hydrogens is 158 g/mol. The first-order valence-electron chi connectivity index (χ1n) is 4.15. The van der Waals surface area contributed by atoms with E-state index >= 15 is 0 Å². The number of allylic oxidation sites excluding steroid dienone is 1. The Bertz CT molecular complexity index is 117. The Kier molecular flexibility index (Phi) is 6.68. The summed E-state index contributed by atoms with van der Waals surface area (Å²) in [4.78, 5) is 0. The molecule has 0 bridgehead atoms. The van der Waals surface area contributed by atoms with Gasteiger partial charge in [0.1, 0.15) is 0 Å². The van der Waals surface area contributed by atoms with Gasteiger partial charge in [-0.15, -0.1) is 11.6 Å². The van der Waals surface area contributed by atoms with E-state index in [0.29, 0.717) is 0 Å². The number of hydrogen-bond acceptors (Lipinski definition) is 1. The van der Waals surface area contributed by atoms with Crippen LogP contribution in [0.5, 0.6) is 0 Å². The number of rotatable bonds is 5. The molecule has 1 nitrogen and oxygen atoms in total. The average molecular weight is 176 g/mol. The van der Waals surface area contributed by atoms with Crippen molar-refractivity contribution in [2.45, 2.75) is 32.6 Å². The number of hydrogen-bond donors (Lipinski definition) is 1. The standard InChI is InChI=1S/C9H18ClN/c1-4-9(10)7-11-6-5-8(2)3/h5,9,11H,4,6-7H2,1-3H3. The van der Waals surface area contributed by atoms with Gasteiger partial charge in [-0.3, -0.25) is 0 Å². The molecule has 0 aliphatic carbocycles. The molecule has 1 unspecified atom stereocenters. The van der Waals surface area contributed by atoms with Crippen LogP contribution in [0, 0.1) is 0 Å². The molecule has 0 fully saturated rings. The van der Waals surface area contributed by atoms with E-state index in [2.05, 4.69) is 32.2 Å². The van der Waals surface area contributed by atoms with Crippen molar-refractivity contribution in [1.29, 1.82) is 0 Å². The summed E-state index contributed by atoms with van der Waals surface area (Å²) < 4.78 is 0. The maximum Gasteiger partial charge on any atom is 0.0458 e. The molecule has 0 saturated carbocycles. The summed E-state index contributed by atoms with van der Waals surface area (Å²) in [6.07, 6.45) is 3.20. The average Bonchev–Trinajstić information content (AvgIpc) is 1.97. The fourth-order valence-electron chi connectivity index (χ4n) is 0.661. The fraction of sp³-hybridized carbons (Fsp3) is 0.778. The first kappa shape index (κ1) is 11.0. The second kappa shape index (κ2) is 6.68. The molecular formula is C9H18ClN. The fourth-order valence-corrected chi connectivity index (χ4v) is 0.770. The van der Waals surface area contributed by atoms with Crippen LogP contribution >= 0.6 is 11.6 Å². The van der Waals surface area contributed by atoms with Gasteiger partial charge in [-0.1, -0.05) is 18.6 Å². The van der Waals surface area contributed by atoms with E-state index in [-0.39, 0.29) is 5.38 Å². The van der Waals surface area contributed by atoms with Gasteiger partial charge in [0, 0.05) is 18.5 Å². The topological polar surface area (TPSA) is 12.0 Å². The lowest BCUT2D eigenvalue weighted by atomic mass is 10.3. The van der Waals surface area contributed by atoms with Gasteiger partial charge in [0.15, 0.2) is 0 Å². The largest absolute Gasteiger partial charge is 0.312 e. The third-order valence-electron chi connectivity index (χ3n) is 1.46. The lowest BCUT2D eigenvalue weighted by Gasteiger charge is -2.05. The van der Waals surface area contributed by atoms with Gasteiger partial charge < -0.3 is 5.32 Å². The van der Waals surface area contributed by atoms with Crippen LogP contribution in [0.2, 0.25) is 0 Å². The molecule has 0 aliphatic rings. The van der Waals surface area contributed by atoms with Crippen LogP contribution in [0.1, 0.15) is 27.2 Å². The molecule has 11 heavy (non-hydrogen) atoms. The third kappa shape index (κ3) is 7.89. The normalized spacial score (nSPS) is 12.7. The second-order valence-corrected chi connectivity index (χ2v) is 3.56. The molecule has 0 spiro atoms. The maximum atomic E-state index is 5.90. The van der Waals surface area contributed by atoms with E-state index in [1.165, 1.54) is 5.57 Å². The zero-order valence-corrected chi connectivity index (χ0v) is 8.41.